The van der Waals surface area contributed by atoms with Crippen LogP contribution < -0.4 is 4.90 Å². The maximum absolute atomic E-state index is 13.3. The van der Waals surface area contributed by atoms with E-state index in [0.717, 1.165) is 5.56 Å². The molecule has 96 valence electrons. The number of anilines is 2. The molecular weight excluding hydrogens is 241 g/mol. The lowest BCUT2D eigenvalue weighted by Crippen LogP contribution is -2.19. The van der Waals surface area contributed by atoms with Gasteiger partial charge in [-0.15, -0.1) is 0 Å². The molecule has 0 atom stereocenters. The Bertz CT molecular complexity index is 632. The van der Waals surface area contributed by atoms with Crippen molar-refractivity contribution < 1.29 is 4.39 Å². The molecule has 0 bridgehead atoms. The first-order valence-corrected chi connectivity index (χ1v) is 6.06. The van der Waals surface area contributed by atoms with Crippen LogP contribution in [0.1, 0.15) is 18.1 Å². The van der Waals surface area contributed by atoms with Crippen LogP contribution in [0.3, 0.4) is 0 Å². The van der Waals surface area contributed by atoms with Gasteiger partial charge >= 0.3 is 0 Å². The van der Waals surface area contributed by atoms with Crippen molar-refractivity contribution in [3.63, 3.8) is 0 Å². The Labute approximate surface area is 111 Å². The fourth-order valence-electron chi connectivity index (χ4n) is 1.99. The highest BCUT2D eigenvalue weighted by atomic mass is 19.1. The van der Waals surface area contributed by atoms with Crippen LogP contribution in [-0.4, -0.2) is 11.5 Å². The van der Waals surface area contributed by atoms with Crippen LogP contribution in [0.15, 0.2) is 36.5 Å². The molecule has 3 nitrogen and oxygen atoms in total. The number of benzene rings is 1. The van der Waals surface area contributed by atoms with E-state index in [1.807, 2.05) is 18.7 Å². The molecule has 0 N–H and O–H groups in total. The van der Waals surface area contributed by atoms with E-state index < -0.39 is 0 Å². The number of nitrogens with zero attached hydrogens (tertiary/aromatic N) is 3. The van der Waals surface area contributed by atoms with Crippen LogP contribution in [0.4, 0.5) is 15.9 Å². The van der Waals surface area contributed by atoms with Gasteiger partial charge in [-0.3, -0.25) is 0 Å². The monoisotopic (exact) mass is 255 g/mol. The highest BCUT2D eigenvalue weighted by Crippen LogP contribution is 2.27. The fourth-order valence-corrected chi connectivity index (χ4v) is 1.99. The summed E-state index contributed by atoms with van der Waals surface area (Å²) in [5, 5.41) is 9.25. The third kappa shape index (κ3) is 2.55. The predicted molar refractivity (Wildman–Crippen MR) is 72.8 cm³/mol. The van der Waals surface area contributed by atoms with Crippen LogP contribution >= 0.6 is 0 Å². The molecule has 0 unspecified atom stereocenters. The lowest BCUT2D eigenvalue weighted by molar-refractivity contribution is 0.627. The maximum Gasteiger partial charge on any atom is 0.151 e. The summed E-state index contributed by atoms with van der Waals surface area (Å²) in [6.45, 7) is 4.41. The van der Waals surface area contributed by atoms with Crippen molar-refractivity contribution in [2.45, 2.75) is 13.8 Å². The van der Waals surface area contributed by atoms with Crippen LogP contribution in [0.2, 0.25) is 0 Å². The second kappa shape index (κ2) is 5.49. The van der Waals surface area contributed by atoms with Gasteiger partial charge < -0.3 is 4.90 Å². The molecule has 19 heavy (non-hydrogen) atoms. The zero-order valence-electron chi connectivity index (χ0n) is 10.9. The van der Waals surface area contributed by atoms with Gasteiger partial charge in [-0.2, -0.15) is 5.26 Å². The van der Waals surface area contributed by atoms with Crippen molar-refractivity contribution in [2.24, 2.45) is 0 Å². The van der Waals surface area contributed by atoms with Gasteiger partial charge in [0, 0.05) is 18.4 Å². The normalized spacial score (nSPS) is 10.0. The maximum atomic E-state index is 13.3. The molecule has 0 saturated heterocycles. The molecule has 0 aliphatic heterocycles. The standard InChI is InChI=1S/C15H14FN3/c1-3-19(13-6-4-5-12(16)9-13)15-14(10-17)11(2)7-8-18-15/h4-9H,3H2,1-2H3. The van der Waals surface area contributed by atoms with Crippen LogP contribution in [0, 0.1) is 24.1 Å². The molecule has 0 saturated carbocycles. The Morgan fingerprint density at radius 3 is 2.79 bits per heavy atom. The number of halogens is 1. The second-order valence-corrected chi connectivity index (χ2v) is 4.16. The van der Waals surface area contributed by atoms with E-state index >= 15 is 0 Å². The van der Waals surface area contributed by atoms with Gasteiger partial charge in [0.05, 0.1) is 5.56 Å². The van der Waals surface area contributed by atoms with Gasteiger partial charge in [-0.1, -0.05) is 6.07 Å². The zero-order valence-corrected chi connectivity index (χ0v) is 10.9. The van der Waals surface area contributed by atoms with Crippen molar-refractivity contribution >= 4 is 11.5 Å². The summed E-state index contributed by atoms with van der Waals surface area (Å²) >= 11 is 0. The largest absolute Gasteiger partial charge is 0.325 e. The zero-order chi connectivity index (χ0) is 13.8. The number of pyridine rings is 1. The third-order valence-corrected chi connectivity index (χ3v) is 2.94. The number of nitriles is 1. The third-order valence-electron chi connectivity index (χ3n) is 2.94. The molecule has 0 amide bonds. The first-order valence-electron chi connectivity index (χ1n) is 6.06. The number of aromatic nitrogens is 1. The van der Waals surface area contributed by atoms with Crippen molar-refractivity contribution in [1.29, 1.82) is 5.26 Å². The van der Waals surface area contributed by atoms with Crippen molar-refractivity contribution in [2.75, 3.05) is 11.4 Å². The minimum absolute atomic E-state index is 0.304. The van der Waals surface area contributed by atoms with E-state index in [4.69, 9.17) is 0 Å². The number of rotatable bonds is 3. The SMILES string of the molecule is CCN(c1cccc(F)c1)c1nccc(C)c1C#N. The van der Waals surface area contributed by atoms with Gasteiger partial charge in [0.25, 0.3) is 0 Å². The van der Waals surface area contributed by atoms with Gasteiger partial charge in [0.1, 0.15) is 11.9 Å². The fraction of sp³-hybridized carbons (Fsp3) is 0.200. The summed E-state index contributed by atoms with van der Waals surface area (Å²) < 4.78 is 13.3. The van der Waals surface area contributed by atoms with E-state index in [1.165, 1.54) is 12.1 Å². The number of hydrogen-bond donors (Lipinski definition) is 0. The minimum Gasteiger partial charge on any atom is -0.325 e. The summed E-state index contributed by atoms with van der Waals surface area (Å²) in [4.78, 5) is 6.10. The molecular formula is C15H14FN3. The minimum atomic E-state index is -0.304. The van der Waals surface area contributed by atoms with Crippen molar-refractivity contribution in [3.8, 4) is 6.07 Å². The molecule has 1 aromatic carbocycles. The Hall–Kier alpha value is -2.41. The summed E-state index contributed by atoms with van der Waals surface area (Å²) in [5.41, 5.74) is 2.08. The lowest BCUT2D eigenvalue weighted by atomic mass is 10.1. The number of hydrogen-bond acceptors (Lipinski definition) is 3. The van der Waals surface area contributed by atoms with Crippen LogP contribution in [0.5, 0.6) is 0 Å². The summed E-state index contributed by atoms with van der Waals surface area (Å²) in [6, 6.07) is 10.2. The molecule has 2 rings (SSSR count). The first-order chi connectivity index (χ1) is 9.17. The molecule has 0 fully saturated rings. The Morgan fingerprint density at radius 1 is 1.37 bits per heavy atom. The summed E-state index contributed by atoms with van der Waals surface area (Å²) in [6.07, 6.45) is 1.66. The van der Waals surface area contributed by atoms with E-state index in [0.29, 0.717) is 23.6 Å². The highest BCUT2D eigenvalue weighted by molar-refractivity contribution is 5.67. The quantitative estimate of drug-likeness (QED) is 0.841. The molecule has 1 heterocycles. The van der Waals surface area contributed by atoms with Gasteiger partial charge in [-0.05, 0) is 43.7 Å². The van der Waals surface area contributed by atoms with Crippen molar-refractivity contribution in [1.82, 2.24) is 4.98 Å². The molecule has 0 radical (unpaired) electrons. The molecule has 1 aromatic heterocycles. The predicted octanol–water partition coefficient (Wildman–Crippen LogP) is 3.56. The molecule has 2 aromatic rings. The summed E-state index contributed by atoms with van der Waals surface area (Å²) in [7, 11) is 0. The molecule has 4 heteroatoms. The van der Waals surface area contributed by atoms with Gasteiger partial charge in [-0.25, -0.2) is 9.37 Å². The Balaban J connectivity index is 2.55. The van der Waals surface area contributed by atoms with E-state index in [-0.39, 0.29) is 5.82 Å². The molecule has 0 spiro atoms. The van der Waals surface area contributed by atoms with E-state index in [2.05, 4.69) is 11.1 Å². The van der Waals surface area contributed by atoms with Crippen LogP contribution in [0.25, 0.3) is 0 Å². The van der Waals surface area contributed by atoms with Crippen molar-refractivity contribution in [3.05, 3.63) is 53.5 Å². The lowest BCUT2D eigenvalue weighted by Gasteiger charge is -2.23. The Kier molecular flexibility index (Phi) is 3.76. The van der Waals surface area contributed by atoms with E-state index in [9.17, 15) is 9.65 Å². The molecule has 0 aliphatic rings. The molecule has 0 aliphatic carbocycles. The van der Waals surface area contributed by atoms with Gasteiger partial charge in [0.15, 0.2) is 5.82 Å². The smallest absolute Gasteiger partial charge is 0.151 e. The van der Waals surface area contributed by atoms with E-state index in [1.54, 1.807) is 24.4 Å². The summed E-state index contributed by atoms with van der Waals surface area (Å²) in [5.74, 6) is 0.262. The van der Waals surface area contributed by atoms with Gasteiger partial charge in [0.2, 0.25) is 0 Å². The Morgan fingerprint density at radius 2 is 2.16 bits per heavy atom. The average molecular weight is 255 g/mol. The first kappa shape index (κ1) is 13.0. The highest BCUT2D eigenvalue weighted by Gasteiger charge is 2.15. The second-order valence-electron chi connectivity index (χ2n) is 4.16. The number of aryl methyl sites for hydroxylation is 1. The average Bonchev–Trinajstić information content (AvgIpc) is 2.40. The van der Waals surface area contributed by atoms with Crippen LogP contribution in [-0.2, 0) is 0 Å². The topological polar surface area (TPSA) is 39.9 Å².